The molecule has 2 heterocycles. The minimum absolute atomic E-state index is 0.262. The van der Waals surface area contributed by atoms with Crippen molar-refractivity contribution in [2.75, 3.05) is 31.1 Å². The van der Waals surface area contributed by atoms with E-state index in [1.807, 2.05) is 12.1 Å². The lowest BCUT2D eigenvalue weighted by atomic mass is 9.93. The van der Waals surface area contributed by atoms with Gasteiger partial charge in [0.1, 0.15) is 18.2 Å². The van der Waals surface area contributed by atoms with E-state index < -0.39 is 12.0 Å². The SMILES string of the molecule is NC(=O)CN(CCC1CCN(c2ccc(-c3ccc(F)cc3)cn2)CC1)C(=O)O. The number of nitrogens with two attached hydrogens (primary N) is 1. The van der Waals surface area contributed by atoms with Gasteiger partial charge in [0.05, 0.1) is 0 Å². The molecule has 1 aromatic carbocycles. The van der Waals surface area contributed by atoms with Crippen molar-refractivity contribution in [1.29, 1.82) is 0 Å². The average Bonchev–Trinajstić information content (AvgIpc) is 2.72. The Morgan fingerprint density at radius 1 is 1.14 bits per heavy atom. The van der Waals surface area contributed by atoms with Crippen LogP contribution in [0, 0.1) is 11.7 Å². The van der Waals surface area contributed by atoms with Gasteiger partial charge >= 0.3 is 6.09 Å². The number of benzene rings is 1. The number of hydrogen-bond donors (Lipinski definition) is 2. The monoisotopic (exact) mass is 400 g/mol. The molecule has 0 spiro atoms. The summed E-state index contributed by atoms with van der Waals surface area (Å²) < 4.78 is 13.1. The van der Waals surface area contributed by atoms with Crippen molar-refractivity contribution < 1.29 is 19.1 Å². The number of rotatable bonds is 7. The van der Waals surface area contributed by atoms with E-state index in [1.165, 1.54) is 12.1 Å². The maximum Gasteiger partial charge on any atom is 0.407 e. The Morgan fingerprint density at radius 2 is 1.79 bits per heavy atom. The van der Waals surface area contributed by atoms with Gasteiger partial charge in [0, 0.05) is 31.4 Å². The van der Waals surface area contributed by atoms with Gasteiger partial charge in [-0.1, -0.05) is 12.1 Å². The fraction of sp³-hybridized carbons (Fsp3) is 0.381. The molecule has 0 bridgehead atoms. The number of pyridine rings is 1. The lowest BCUT2D eigenvalue weighted by molar-refractivity contribution is -0.118. The average molecular weight is 400 g/mol. The third-order valence-electron chi connectivity index (χ3n) is 5.29. The largest absolute Gasteiger partial charge is 0.465 e. The van der Waals surface area contributed by atoms with E-state index in [2.05, 4.69) is 9.88 Å². The Morgan fingerprint density at radius 3 is 2.34 bits per heavy atom. The molecular formula is C21H25FN4O3. The van der Waals surface area contributed by atoms with E-state index in [4.69, 9.17) is 10.8 Å². The van der Waals surface area contributed by atoms with Gasteiger partial charge in [-0.15, -0.1) is 0 Å². The number of anilines is 1. The first-order valence-electron chi connectivity index (χ1n) is 9.65. The molecule has 2 amide bonds. The number of nitrogens with zero attached hydrogens (tertiary/aromatic N) is 3. The maximum absolute atomic E-state index is 13.1. The molecule has 1 saturated heterocycles. The first-order chi connectivity index (χ1) is 13.9. The number of amides is 2. The molecule has 0 atom stereocenters. The number of carbonyl (C=O) groups is 2. The molecule has 1 aliphatic heterocycles. The normalized spacial score (nSPS) is 14.6. The third-order valence-corrected chi connectivity index (χ3v) is 5.29. The Hall–Kier alpha value is -3.16. The van der Waals surface area contributed by atoms with Gasteiger partial charge in [-0.2, -0.15) is 0 Å². The van der Waals surface area contributed by atoms with Gasteiger partial charge in [-0.3, -0.25) is 9.69 Å². The number of hydrogen-bond acceptors (Lipinski definition) is 4. The zero-order chi connectivity index (χ0) is 20.8. The lowest BCUT2D eigenvalue weighted by Gasteiger charge is -2.33. The Labute approximate surface area is 168 Å². The van der Waals surface area contributed by atoms with Gasteiger partial charge in [0.15, 0.2) is 0 Å². The number of aromatic nitrogens is 1. The summed E-state index contributed by atoms with van der Waals surface area (Å²) in [7, 11) is 0. The van der Waals surface area contributed by atoms with Crippen LogP contribution in [0.5, 0.6) is 0 Å². The molecule has 154 valence electrons. The summed E-state index contributed by atoms with van der Waals surface area (Å²) in [5, 5.41) is 9.14. The first kappa shape index (κ1) is 20.6. The second-order valence-corrected chi connectivity index (χ2v) is 7.30. The number of piperidine rings is 1. The van der Waals surface area contributed by atoms with Crippen molar-refractivity contribution in [2.24, 2.45) is 11.7 Å². The minimum Gasteiger partial charge on any atom is -0.465 e. The smallest absolute Gasteiger partial charge is 0.407 e. The lowest BCUT2D eigenvalue weighted by Crippen LogP contribution is -2.40. The number of carboxylic acid groups (broad SMARTS) is 1. The van der Waals surface area contributed by atoms with E-state index in [0.29, 0.717) is 18.9 Å². The zero-order valence-corrected chi connectivity index (χ0v) is 16.1. The highest BCUT2D eigenvalue weighted by molar-refractivity contribution is 5.80. The van der Waals surface area contributed by atoms with Crippen molar-refractivity contribution >= 4 is 17.8 Å². The molecule has 1 fully saturated rings. The van der Waals surface area contributed by atoms with Gasteiger partial charge in [-0.05, 0) is 55.0 Å². The van der Waals surface area contributed by atoms with Crippen molar-refractivity contribution in [1.82, 2.24) is 9.88 Å². The van der Waals surface area contributed by atoms with Crippen molar-refractivity contribution in [3.8, 4) is 11.1 Å². The molecule has 8 heteroatoms. The molecule has 0 unspecified atom stereocenters. The highest BCUT2D eigenvalue weighted by Gasteiger charge is 2.22. The van der Waals surface area contributed by atoms with E-state index >= 15 is 0 Å². The second kappa shape index (κ2) is 9.36. The summed E-state index contributed by atoms with van der Waals surface area (Å²) in [6, 6.07) is 10.3. The highest BCUT2D eigenvalue weighted by atomic mass is 19.1. The van der Waals surface area contributed by atoms with E-state index in [9.17, 15) is 14.0 Å². The molecule has 1 aliphatic rings. The van der Waals surface area contributed by atoms with Crippen LogP contribution >= 0.6 is 0 Å². The third kappa shape index (κ3) is 5.66. The van der Waals surface area contributed by atoms with Gasteiger partial charge < -0.3 is 15.7 Å². The number of primary amides is 1. The summed E-state index contributed by atoms with van der Waals surface area (Å²) in [4.78, 5) is 30.0. The first-order valence-corrected chi connectivity index (χ1v) is 9.65. The minimum atomic E-state index is -1.12. The van der Waals surface area contributed by atoms with E-state index in [1.54, 1.807) is 18.3 Å². The molecule has 29 heavy (non-hydrogen) atoms. The van der Waals surface area contributed by atoms with Crippen LogP contribution in [0.1, 0.15) is 19.3 Å². The van der Waals surface area contributed by atoms with Crippen LogP contribution < -0.4 is 10.6 Å². The summed E-state index contributed by atoms with van der Waals surface area (Å²) in [6.45, 7) is 1.74. The quantitative estimate of drug-likeness (QED) is 0.744. The van der Waals surface area contributed by atoms with Crippen molar-refractivity contribution in [3.05, 3.63) is 48.4 Å². The Bertz CT molecular complexity index is 834. The summed E-state index contributed by atoms with van der Waals surface area (Å²) in [5.74, 6) is 0.398. The highest BCUT2D eigenvalue weighted by Crippen LogP contribution is 2.26. The van der Waals surface area contributed by atoms with Crippen LogP contribution in [0.25, 0.3) is 11.1 Å². The van der Waals surface area contributed by atoms with Crippen molar-refractivity contribution in [3.63, 3.8) is 0 Å². The molecule has 7 nitrogen and oxygen atoms in total. The van der Waals surface area contributed by atoms with Crippen LogP contribution in [0.15, 0.2) is 42.6 Å². The molecule has 0 aliphatic carbocycles. The van der Waals surface area contributed by atoms with Gasteiger partial charge in [-0.25, -0.2) is 14.2 Å². The van der Waals surface area contributed by atoms with Gasteiger partial charge in [0.2, 0.25) is 5.91 Å². The summed E-state index contributed by atoms with van der Waals surface area (Å²) in [5.41, 5.74) is 6.96. The van der Waals surface area contributed by atoms with Gasteiger partial charge in [0.25, 0.3) is 0 Å². The summed E-state index contributed by atoms with van der Waals surface area (Å²) in [6.07, 6.45) is 3.26. The maximum atomic E-state index is 13.1. The Balaban J connectivity index is 1.50. The van der Waals surface area contributed by atoms with Crippen LogP contribution in [0.3, 0.4) is 0 Å². The molecule has 3 rings (SSSR count). The molecule has 3 N–H and O–H groups in total. The fourth-order valence-corrected chi connectivity index (χ4v) is 3.61. The molecular weight excluding hydrogens is 375 g/mol. The van der Waals surface area contributed by atoms with Crippen LogP contribution in [0.2, 0.25) is 0 Å². The van der Waals surface area contributed by atoms with E-state index in [-0.39, 0.29) is 12.4 Å². The molecule has 2 aromatic rings. The van der Waals surface area contributed by atoms with Crippen LogP contribution in [-0.2, 0) is 4.79 Å². The van der Waals surface area contributed by atoms with Crippen LogP contribution in [0.4, 0.5) is 15.0 Å². The zero-order valence-electron chi connectivity index (χ0n) is 16.1. The topological polar surface area (TPSA) is 99.8 Å². The Kier molecular flexibility index (Phi) is 6.64. The number of halogens is 1. The predicted molar refractivity (Wildman–Crippen MR) is 108 cm³/mol. The van der Waals surface area contributed by atoms with E-state index in [0.717, 1.165) is 47.8 Å². The molecule has 0 radical (unpaired) electrons. The fourth-order valence-electron chi connectivity index (χ4n) is 3.61. The molecule has 0 saturated carbocycles. The summed E-state index contributed by atoms with van der Waals surface area (Å²) >= 11 is 0. The number of carbonyl (C=O) groups excluding carboxylic acids is 1. The predicted octanol–water partition coefficient (Wildman–Crippen LogP) is 2.96. The molecule has 1 aromatic heterocycles. The van der Waals surface area contributed by atoms with Crippen molar-refractivity contribution in [2.45, 2.75) is 19.3 Å². The second-order valence-electron chi connectivity index (χ2n) is 7.30. The van der Waals surface area contributed by atoms with Crippen LogP contribution in [-0.4, -0.2) is 53.2 Å². The standard InChI is InChI=1S/C21H25FN4O3/c22-18-4-1-16(2-5-18)17-3-6-20(24-13-17)25-10-7-15(8-11-25)9-12-26(21(28)29)14-19(23)27/h1-6,13,15H,7-12,14H2,(H2,23,27)(H,28,29).